The zero-order chi connectivity index (χ0) is 25.2. The van der Waals surface area contributed by atoms with E-state index in [4.69, 9.17) is 27.1 Å². The van der Waals surface area contributed by atoms with Crippen LogP contribution in [0, 0.1) is 25.7 Å². The molecule has 0 fully saturated rings. The quantitative estimate of drug-likeness (QED) is 0.510. The van der Waals surface area contributed by atoms with E-state index in [9.17, 15) is 4.79 Å². The summed E-state index contributed by atoms with van der Waals surface area (Å²) in [5.74, 6) is 2.24. The molecule has 0 unspecified atom stereocenters. The lowest BCUT2D eigenvalue weighted by Crippen LogP contribution is -2.47. The lowest BCUT2D eigenvalue weighted by atomic mass is 9.94. The molecule has 2 aromatic rings. The standard InChI is InChI=1S/C25H37ClN6O2/c1-8-17(9-2)10-18-15(5)22(34-7)16(6)19(28-18)12-31-13-20(33)32(11-14(3)4)21-23(26)29-25(27)30-24(21)31/h14,17H,8-13H2,1-7H3,(H2,27,29,30). The molecular formula is C25H37ClN6O2. The predicted molar refractivity (Wildman–Crippen MR) is 138 cm³/mol. The minimum Gasteiger partial charge on any atom is -0.496 e. The molecule has 9 heteroatoms. The Kier molecular flexibility index (Phi) is 8.23. The molecule has 1 aliphatic rings. The van der Waals surface area contributed by atoms with Gasteiger partial charge in [-0.15, -0.1) is 0 Å². The van der Waals surface area contributed by atoms with Crippen molar-refractivity contribution in [2.45, 2.75) is 67.3 Å². The first kappa shape index (κ1) is 26.0. The highest BCUT2D eigenvalue weighted by Gasteiger charge is 2.34. The molecule has 0 aromatic carbocycles. The van der Waals surface area contributed by atoms with Gasteiger partial charge in [0.25, 0.3) is 0 Å². The maximum absolute atomic E-state index is 13.2. The lowest BCUT2D eigenvalue weighted by Gasteiger charge is -2.37. The number of ether oxygens (including phenoxy) is 1. The second-order valence-electron chi connectivity index (χ2n) is 9.47. The van der Waals surface area contributed by atoms with E-state index >= 15 is 0 Å². The van der Waals surface area contributed by atoms with Crippen molar-refractivity contribution in [3.05, 3.63) is 27.7 Å². The molecule has 186 valence electrons. The maximum Gasteiger partial charge on any atom is 0.246 e. The van der Waals surface area contributed by atoms with Crippen molar-refractivity contribution in [2.75, 3.05) is 35.7 Å². The third-order valence-corrected chi connectivity index (χ3v) is 6.85. The van der Waals surface area contributed by atoms with E-state index < -0.39 is 0 Å². The molecule has 3 rings (SSSR count). The van der Waals surface area contributed by atoms with Gasteiger partial charge in [-0.1, -0.05) is 52.1 Å². The van der Waals surface area contributed by atoms with Crippen molar-refractivity contribution in [2.24, 2.45) is 11.8 Å². The van der Waals surface area contributed by atoms with Gasteiger partial charge in [-0.2, -0.15) is 9.97 Å². The van der Waals surface area contributed by atoms with Crippen LogP contribution in [-0.2, 0) is 17.8 Å². The fourth-order valence-corrected chi connectivity index (χ4v) is 4.86. The summed E-state index contributed by atoms with van der Waals surface area (Å²) in [6.07, 6.45) is 3.08. The van der Waals surface area contributed by atoms with Crippen molar-refractivity contribution in [1.82, 2.24) is 15.0 Å². The number of hydrogen-bond donors (Lipinski definition) is 1. The van der Waals surface area contributed by atoms with Crippen LogP contribution in [0.4, 0.5) is 17.5 Å². The number of carbonyl (C=O) groups excluding carboxylic acids is 1. The average Bonchev–Trinajstić information content (AvgIpc) is 2.77. The lowest BCUT2D eigenvalue weighted by molar-refractivity contribution is -0.117. The number of anilines is 3. The Balaban J connectivity index is 2.07. The summed E-state index contributed by atoms with van der Waals surface area (Å²) >= 11 is 6.49. The van der Waals surface area contributed by atoms with Gasteiger partial charge >= 0.3 is 0 Å². The van der Waals surface area contributed by atoms with Crippen LogP contribution in [0.25, 0.3) is 0 Å². The fourth-order valence-electron chi connectivity index (χ4n) is 4.59. The number of nitrogens with zero attached hydrogens (tertiary/aromatic N) is 5. The monoisotopic (exact) mass is 488 g/mol. The summed E-state index contributed by atoms with van der Waals surface area (Å²) in [7, 11) is 1.69. The number of rotatable bonds is 9. The first-order chi connectivity index (χ1) is 16.1. The normalized spacial score (nSPS) is 13.8. The zero-order valence-corrected chi connectivity index (χ0v) is 22.2. The first-order valence-electron chi connectivity index (χ1n) is 12.0. The molecule has 1 amide bonds. The molecule has 0 radical (unpaired) electrons. The Morgan fingerprint density at radius 2 is 1.74 bits per heavy atom. The summed E-state index contributed by atoms with van der Waals surface area (Å²) in [6, 6.07) is 0. The zero-order valence-electron chi connectivity index (χ0n) is 21.4. The van der Waals surface area contributed by atoms with Crippen LogP contribution in [0.15, 0.2) is 0 Å². The van der Waals surface area contributed by atoms with E-state index in [0.29, 0.717) is 30.5 Å². The van der Waals surface area contributed by atoms with Crippen LogP contribution >= 0.6 is 11.6 Å². The molecule has 1 aliphatic heterocycles. The molecule has 0 atom stereocenters. The number of nitrogens with two attached hydrogens (primary N) is 1. The molecular weight excluding hydrogens is 452 g/mol. The number of carbonyl (C=O) groups is 1. The number of hydrogen-bond acceptors (Lipinski definition) is 7. The molecule has 2 N–H and O–H groups in total. The highest BCUT2D eigenvalue weighted by Crippen LogP contribution is 2.39. The topological polar surface area (TPSA) is 97.5 Å². The molecule has 0 saturated heterocycles. The molecule has 0 aliphatic carbocycles. The van der Waals surface area contributed by atoms with Crippen LogP contribution in [0.3, 0.4) is 0 Å². The fraction of sp³-hybridized carbons (Fsp3) is 0.600. The average molecular weight is 489 g/mol. The van der Waals surface area contributed by atoms with Gasteiger partial charge in [-0.25, -0.2) is 0 Å². The van der Waals surface area contributed by atoms with Crippen LogP contribution in [0.2, 0.25) is 5.15 Å². The van der Waals surface area contributed by atoms with Crippen molar-refractivity contribution in [3.8, 4) is 5.75 Å². The van der Waals surface area contributed by atoms with E-state index in [1.807, 2.05) is 11.8 Å². The van der Waals surface area contributed by atoms with Gasteiger partial charge in [0, 0.05) is 23.4 Å². The molecule has 8 nitrogen and oxygen atoms in total. The highest BCUT2D eigenvalue weighted by molar-refractivity contribution is 6.33. The predicted octanol–water partition coefficient (Wildman–Crippen LogP) is 4.72. The Morgan fingerprint density at radius 3 is 2.32 bits per heavy atom. The molecule has 0 bridgehead atoms. The summed E-state index contributed by atoms with van der Waals surface area (Å²) < 4.78 is 5.78. The number of aromatic nitrogens is 3. The van der Waals surface area contributed by atoms with E-state index in [2.05, 4.69) is 44.6 Å². The van der Waals surface area contributed by atoms with Crippen LogP contribution in [0.1, 0.15) is 63.1 Å². The van der Waals surface area contributed by atoms with E-state index in [1.54, 1.807) is 12.0 Å². The Morgan fingerprint density at radius 1 is 1.09 bits per heavy atom. The van der Waals surface area contributed by atoms with E-state index in [1.165, 1.54) is 0 Å². The summed E-state index contributed by atoms with van der Waals surface area (Å²) in [5, 5.41) is 0.182. The molecule has 2 aromatic heterocycles. The Bertz CT molecular complexity index is 1050. The summed E-state index contributed by atoms with van der Waals surface area (Å²) in [4.78, 5) is 30.4. The molecule has 34 heavy (non-hydrogen) atoms. The van der Waals surface area contributed by atoms with Crippen LogP contribution in [-0.4, -0.2) is 41.1 Å². The van der Waals surface area contributed by atoms with E-state index in [-0.39, 0.29) is 29.5 Å². The van der Waals surface area contributed by atoms with Gasteiger partial charge < -0.3 is 20.3 Å². The largest absolute Gasteiger partial charge is 0.496 e. The van der Waals surface area contributed by atoms with E-state index in [0.717, 1.165) is 47.5 Å². The van der Waals surface area contributed by atoms with Crippen molar-refractivity contribution in [3.63, 3.8) is 0 Å². The minimum absolute atomic E-state index is 0.0505. The van der Waals surface area contributed by atoms with Gasteiger partial charge in [0.2, 0.25) is 11.9 Å². The number of nitrogen functional groups attached to an aromatic ring is 1. The summed E-state index contributed by atoms with van der Waals surface area (Å²) in [6.45, 7) is 13.7. The van der Waals surface area contributed by atoms with Crippen LogP contribution in [0.5, 0.6) is 5.75 Å². The smallest absolute Gasteiger partial charge is 0.246 e. The van der Waals surface area contributed by atoms with Gasteiger partial charge in [0.15, 0.2) is 11.0 Å². The van der Waals surface area contributed by atoms with Gasteiger partial charge in [-0.3, -0.25) is 9.78 Å². The third kappa shape index (κ3) is 5.22. The SMILES string of the molecule is CCC(CC)Cc1nc(CN2CC(=O)N(CC(C)C)c3c(Cl)nc(N)nc32)c(C)c(OC)c1C. The number of halogens is 1. The minimum atomic E-state index is -0.0505. The first-order valence-corrected chi connectivity index (χ1v) is 12.4. The second-order valence-corrected chi connectivity index (χ2v) is 9.83. The Hall–Kier alpha value is -2.61. The second kappa shape index (κ2) is 10.8. The highest BCUT2D eigenvalue weighted by atomic mass is 35.5. The number of fused-ring (bicyclic) bond motifs is 1. The Labute approximate surface area is 207 Å². The van der Waals surface area contributed by atoms with Crippen molar-refractivity contribution < 1.29 is 9.53 Å². The summed E-state index contributed by atoms with van der Waals surface area (Å²) in [5.41, 5.74) is 10.4. The maximum atomic E-state index is 13.2. The number of pyridine rings is 1. The number of amides is 1. The molecule has 0 spiro atoms. The van der Waals surface area contributed by atoms with Gasteiger partial charge in [0.05, 0.1) is 25.9 Å². The number of methoxy groups -OCH3 is 1. The van der Waals surface area contributed by atoms with Gasteiger partial charge in [0.1, 0.15) is 11.4 Å². The third-order valence-electron chi connectivity index (χ3n) is 6.58. The molecule has 3 heterocycles. The van der Waals surface area contributed by atoms with Crippen molar-refractivity contribution >= 4 is 35.0 Å². The van der Waals surface area contributed by atoms with Crippen molar-refractivity contribution in [1.29, 1.82) is 0 Å². The van der Waals surface area contributed by atoms with Gasteiger partial charge in [-0.05, 0) is 32.1 Å². The van der Waals surface area contributed by atoms with Crippen LogP contribution < -0.4 is 20.3 Å². The molecule has 0 saturated carbocycles.